The molecule has 0 fully saturated rings. The van der Waals surface area contributed by atoms with Crippen molar-refractivity contribution in [3.05, 3.63) is 46.6 Å². The molecule has 2 aromatic carbocycles. The topological polar surface area (TPSA) is 63.6 Å². The first kappa shape index (κ1) is 12.6. The Hall–Kier alpha value is -2.40. The quantitative estimate of drug-likeness (QED) is 0.424. The number of phenols is 1. The number of esters is 1. The third kappa shape index (κ3) is 1.92. The predicted octanol–water partition coefficient (Wildman–Crippen LogP) is 3.05. The lowest BCUT2D eigenvalue weighted by molar-refractivity contribution is -0.131. The average Bonchev–Trinajstić information content (AvgIpc) is 2.42. The molecule has 0 atom stereocenters. The van der Waals surface area contributed by atoms with Crippen molar-refractivity contribution in [3.8, 4) is 11.5 Å². The molecule has 0 radical (unpaired) electrons. The van der Waals surface area contributed by atoms with Gasteiger partial charge in [-0.05, 0) is 24.3 Å². The second kappa shape index (κ2) is 4.61. The van der Waals surface area contributed by atoms with E-state index < -0.39 is 5.97 Å². The summed E-state index contributed by atoms with van der Waals surface area (Å²) in [6.45, 7) is 1.29. The van der Waals surface area contributed by atoms with Crippen molar-refractivity contribution in [2.75, 3.05) is 0 Å². The van der Waals surface area contributed by atoms with Crippen LogP contribution in [0.1, 0.15) is 6.92 Å². The summed E-state index contributed by atoms with van der Waals surface area (Å²) in [4.78, 5) is 23.6. The number of fused-ring (bicyclic) bond motifs is 2. The van der Waals surface area contributed by atoms with E-state index in [1.807, 2.05) is 12.1 Å². The van der Waals surface area contributed by atoms with Gasteiger partial charge >= 0.3 is 5.97 Å². The van der Waals surface area contributed by atoms with Gasteiger partial charge in [-0.15, -0.1) is 11.3 Å². The lowest BCUT2D eigenvalue weighted by Crippen LogP contribution is -2.05. The van der Waals surface area contributed by atoms with Crippen LogP contribution < -0.4 is 10.2 Å². The Morgan fingerprint density at radius 3 is 2.70 bits per heavy atom. The third-order valence-electron chi connectivity index (χ3n) is 2.92. The van der Waals surface area contributed by atoms with E-state index in [0.29, 0.717) is 10.1 Å². The lowest BCUT2D eigenvalue weighted by atomic mass is 10.1. The number of phenolic OH excluding ortho intramolecular Hbond substituents is 1. The average molecular weight is 286 g/mol. The van der Waals surface area contributed by atoms with Gasteiger partial charge in [-0.1, -0.05) is 12.1 Å². The fraction of sp³-hybridized carbons (Fsp3) is 0.0667. The Balaban J connectivity index is 2.49. The highest BCUT2D eigenvalue weighted by Crippen LogP contribution is 2.36. The first-order valence-electron chi connectivity index (χ1n) is 5.94. The summed E-state index contributed by atoms with van der Waals surface area (Å²) in [6, 6.07) is 9.99. The van der Waals surface area contributed by atoms with E-state index in [1.165, 1.54) is 30.4 Å². The molecule has 0 spiro atoms. The van der Waals surface area contributed by atoms with Crippen LogP contribution in [-0.2, 0) is 4.79 Å². The van der Waals surface area contributed by atoms with E-state index in [-0.39, 0.29) is 22.3 Å². The normalized spacial score (nSPS) is 10.8. The highest BCUT2D eigenvalue weighted by atomic mass is 32.1. The zero-order valence-corrected chi connectivity index (χ0v) is 11.4. The highest BCUT2D eigenvalue weighted by molar-refractivity contribution is 7.25. The molecule has 0 aliphatic heterocycles. The monoisotopic (exact) mass is 286 g/mol. The van der Waals surface area contributed by atoms with E-state index in [0.717, 1.165) is 4.70 Å². The Kier molecular flexibility index (Phi) is 2.91. The van der Waals surface area contributed by atoms with Crippen LogP contribution in [-0.4, -0.2) is 11.1 Å². The number of benzene rings is 2. The number of carbonyl (C=O) groups excluding carboxylic acids is 1. The summed E-state index contributed by atoms with van der Waals surface area (Å²) in [5.74, 6) is -0.286. The molecule has 1 heterocycles. The van der Waals surface area contributed by atoms with Gasteiger partial charge in [0.05, 0.1) is 10.1 Å². The minimum absolute atomic E-state index is 0.108. The molecule has 0 aliphatic rings. The van der Waals surface area contributed by atoms with Crippen LogP contribution in [0.3, 0.4) is 0 Å². The lowest BCUT2D eigenvalue weighted by Gasteiger charge is -2.07. The maximum atomic E-state index is 12.5. The van der Waals surface area contributed by atoms with Crippen molar-refractivity contribution in [2.45, 2.75) is 6.92 Å². The highest BCUT2D eigenvalue weighted by Gasteiger charge is 2.14. The van der Waals surface area contributed by atoms with Gasteiger partial charge in [0.1, 0.15) is 11.5 Å². The van der Waals surface area contributed by atoms with Crippen molar-refractivity contribution in [1.29, 1.82) is 0 Å². The van der Waals surface area contributed by atoms with Crippen LogP contribution in [0.4, 0.5) is 0 Å². The summed E-state index contributed by atoms with van der Waals surface area (Å²) in [7, 11) is 0. The number of aromatic hydroxyl groups is 1. The summed E-state index contributed by atoms with van der Waals surface area (Å²) in [5, 5.41) is 10.7. The van der Waals surface area contributed by atoms with Crippen molar-refractivity contribution in [3.63, 3.8) is 0 Å². The summed E-state index contributed by atoms with van der Waals surface area (Å²) >= 11 is 1.31. The maximum absolute atomic E-state index is 12.5. The zero-order valence-electron chi connectivity index (χ0n) is 10.5. The Bertz CT molecular complexity index is 895. The molecule has 1 aromatic heterocycles. The minimum Gasteiger partial charge on any atom is -0.507 e. The minimum atomic E-state index is -0.468. The van der Waals surface area contributed by atoms with Crippen LogP contribution in [0.25, 0.3) is 20.2 Å². The second-order valence-corrected chi connectivity index (χ2v) is 5.36. The predicted molar refractivity (Wildman–Crippen MR) is 78.6 cm³/mol. The smallest absolute Gasteiger partial charge is 0.308 e. The fourth-order valence-electron chi connectivity index (χ4n) is 2.10. The van der Waals surface area contributed by atoms with Gasteiger partial charge in [0, 0.05) is 17.0 Å². The molecule has 3 rings (SSSR count). The first-order chi connectivity index (χ1) is 9.58. The molecule has 0 saturated heterocycles. The van der Waals surface area contributed by atoms with Crippen LogP contribution in [0.15, 0.2) is 41.2 Å². The van der Waals surface area contributed by atoms with E-state index in [9.17, 15) is 14.7 Å². The maximum Gasteiger partial charge on any atom is 0.308 e. The van der Waals surface area contributed by atoms with Crippen molar-refractivity contribution in [2.24, 2.45) is 0 Å². The van der Waals surface area contributed by atoms with Gasteiger partial charge in [0.15, 0.2) is 5.43 Å². The van der Waals surface area contributed by atoms with E-state index in [1.54, 1.807) is 12.1 Å². The summed E-state index contributed by atoms with van der Waals surface area (Å²) in [5.41, 5.74) is -0.263. The van der Waals surface area contributed by atoms with Gasteiger partial charge in [0.25, 0.3) is 0 Å². The number of ether oxygens (including phenoxy) is 1. The second-order valence-electron chi connectivity index (χ2n) is 4.31. The van der Waals surface area contributed by atoms with Crippen LogP contribution in [0.5, 0.6) is 11.5 Å². The molecule has 4 nitrogen and oxygen atoms in total. The van der Waals surface area contributed by atoms with Gasteiger partial charge in [-0.25, -0.2) is 0 Å². The molecular weight excluding hydrogens is 276 g/mol. The van der Waals surface area contributed by atoms with Crippen molar-refractivity contribution in [1.82, 2.24) is 0 Å². The summed E-state index contributed by atoms with van der Waals surface area (Å²) < 4.78 is 6.37. The number of rotatable bonds is 1. The molecule has 3 aromatic rings. The third-order valence-corrected chi connectivity index (χ3v) is 4.11. The van der Waals surface area contributed by atoms with Crippen molar-refractivity contribution >= 4 is 37.5 Å². The van der Waals surface area contributed by atoms with Crippen LogP contribution >= 0.6 is 11.3 Å². The van der Waals surface area contributed by atoms with E-state index >= 15 is 0 Å². The molecular formula is C15H10O4S. The van der Waals surface area contributed by atoms with Gasteiger partial charge < -0.3 is 9.84 Å². The van der Waals surface area contributed by atoms with Crippen molar-refractivity contribution < 1.29 is 14.6 Å². The van der Waals surface area contributed by atoms with Crippen LogP contribution in [0.2, 0.25) is 0 Å². The molecule has 0 saturated carbocycles. The zero-order chi connectivity index (χ0) is 14.3. The standard InChI is InChI=1S/C15H10O4S/c1-8(16)19-11-7-6-10(17)13-14(18)9-4-2-3-5-12(9)20-15(11)13/h2-7,17H,1H3. The van der Waals surface area contributed by atoms with Gasteiger partial charge in [-0.2, -0.15) is 0 Å². The Labute approximate surface area is 117 Å². The first-order valence-corrected chi connectivity index (χ1v) is 6.75. The SMILES string of the molecule is CC(=O)Oc1ccc(O)c2c(=O)c3ccccc3sc12. The Morgan fingerprint density at radius 1 is 1.20 bits per heavy atom. The number of hydrogen-bond acceptors (Lipinski definition) is 5. The van der Waals surface area contributed by atoms with Gasteiger partial charge in [0.2, 0.25) is 0 Å². The number of hydrogen-bond donors (Lipinski definition) is 1. The molecule has 100 valence electrons. The van der Waals surface area contributed by atoms with E-state index in [4.69, 9.17) is 4.74 Å². The molecule has 0 amide bonds. The molecule has 5 heteroatoms. The number of carbonyl (C=O) groups is 1. The van der Waals surface area contributed by atoms with Gasteiger partial charge in [-0.3, -0.25) is 9.59 Å². The molecule has 0 unspecified atom stereocenters. The Morgan fingerprint density at radius 2 is 1.95 bits per heavy atom. The largest absolute Gasteiger partial charge is 0.507 e. The molecule has 1 N–H and O–H groups in total. The molecule has 20 heavy (non-hydrogen) atoms. The van der Waals surface area contributed by atoms with Crippen LogP contribution in [0, 0.1) is 0 Å². The summed E-state index contributed by atoms with van der Waals surface area (Å²) in [6.07, 6.45) is 0. The van der Waals surface area contributed by atoms with E-state index in [2.05, 4.69) is 0 Å². The fourth-order valence-corrected chi connectivity index (χ4v) is 3.24. The molecule has 0 aliphatic carbocycles. The molecule has 0 bridgehead atoms.